The highest BCUT2D eigenvalue weighted by Crippen LogP contribution is 2.06. The van der Waals surface area contributed by atoms with Crippen LogP contribution in [0.15, 0.2) is 43.0 Å². The number of benzene rings is 1. The van der Waals surface area contributed by atoms with Crippen LogP contribution in [0, 0.1) is 4.77 Å². The second-order valence-corrected chi connectivity index (χ2v) is 4.50. The highest BCUT2D eigenvalue weighted by Gasteiger charge is 2.07. The van der Waals surface area contributed by atoms with Gasteiger partial charge in [-0.3, -0.25) is 9.67 Å². The van der Waals surface area contributed by atoms with Crippen molar-refractivity contribution in [3.05, 3.63) is 59.1 Å². The van der Waals surface area contributed by atoms with Crippen molar-refractivity contribution in [3.8, 4) is 0 Å². The van der Waals surface area contributed by atoms with E-state index in [1.54, 1.807) is 11.0 Å². The first-order valence-electron chi connectivity index (χ1n) is 5.83. The summed E-state index contributed by atoms with van der Waals surface area (Å²) in [5, 5.41) is 11.1. The Morgan fingerprint density at radius 2 is 2.00 bits per heavy atom. The molecule has 3 rings (SSSR count). The predicted molar refractivity (Wildman–Crippen MR) is 72.1 cm³/mol. The fourth-order valence-electron chi connectivity index (χ4n) is 1.86. The molecule has 0 aliphatic heterocycles. The predicted octanol–water partition coefficient (Wildman–Crippen LogP) is 1.63. The van der Waals surface area contributed by atoms with Crippen LogP contribution in [0.1, 0.15) is 11.4 Å². The molecule has 0 fully saturated rings. The average Bonchev–Trinajstić information content (AvgIpc) is 3.05. The van der Waals surface area contributed by atoms with Crippen molar-refractivity contribution in [1.29, 1.82) is 0 Å². The van der Waals surface area contributed by atoms with Gasteiger partial charge >= 0.3 is 0 Å². The molecular weight excluding hydrogens is 260 g/mol. The minimum atomic E-state index is 0.542. The van der Waals surface area contributed by atoms with E-state index < -0.39 is 0 Å². The SMILES string of the molecule is S=c1[nH]nc(Cn2cncn2)n1Cc1ccccc1. The third-order valence-corrected chi connectivity index (χ3v) is 3.10. The molecule has 0 unspecified atom stereocenters. The lowest BCUT2D eigenvalue weighted by atomic mass is 10.2. The monoisotopic (exact) mass is 272 g/mol. The number of nitrogens with one attached hydrogen (secondary N) is 1. The van der Waals surface area contributed by atoms with E-state index in [1.165, 1.54) is 11.9 Å². The van der Waals surface area contributed by atoms with Gasteiger partial charge in [-0.15, -0.1) is 0 Å². The number of nitrogens with zero attached hydrogens (tertiary/aromatic N) is 5. The zero-order valence-corrected chi connectivity index (χ0v) is 10.9. The molecule has 1 N–H and O–H groups in total. The lowest BCUT2D eigenvalue weighted by Crippen LogP contribution is -2.10. The summed E-state index contributed by atoms with van der Waals surface area (Å²) >= 11 is 5.27. The van der Waals surface area contributed by atoms with Gasteiger partial charge in [0.2, 0.25) is 0 Å². The number of hydrogen-bond donors (Lipinski definition) is 1. The molecule has 0 atom stereocenters. The van der Waals surface area contributed by atoms with Crippen LogP contribution in [0.2, 0.25) is 0 Å². The lowest BCUT2D eigenvalue weighted by molar-refractivity contribution is 0.611. The zero-order valence-electron chi connectivity index (χ0n) is 10.1. The number of H-pyrrole nitrogens is 1. The number of aromatic nitrogens is 6. The molecule has 0 aliphatic carbocycles. The summed E-state index contributed by atoms with van der Waals surface area (Å²) in [6.07, 6.45) is 3.16. The van der Waals surface area contributed by atoms with Crippen LogP contribution in [0.3, 0.4) is 0 Å². The lowest BCUT2D eigenvalue weighted by Gasteiger charge is -2.06. The average molecular weight is 272 g/mol. The summed E-state index contributed by atoms with van der Waals surface area (Å²) in [5.74, 6) is 0.833. The third-order valence-electron chi connectivity index (χ3n) is 2.79. The fourth-order valence-corrected chi connectivity index (χ4v) is 2.07. The Morgan fingerprint density at radius 3 is 2.74 bits per heavy atom. The Balaban J connectivity index is 1.89. The summed E-state index contributed by atoms with van der Waals surface area (Å²) in [6, 6.07) is 10.1. The van der Waals surface area contributed by atoms with Gasteiger partial charge in [0.25, 0.3) is 0 Å². The van der Waals surface area contributed by atoms with Gasteiger partial charge in [0.05, 0.1) is 6.54 Å². The molecule has 2 heterocycles. The highest BCUT2D eigenvalue weighted by molar-refractivity contribution is 7.71. The van der Waals surface area contributed by atoms with E-state index in [9.17, 15) is 0 Å². The normalized spacial score (nSPS) is 10.7. The Bertz CT molecular complexity index is 697. The third kappa shape index (κ3) is 2.60. The van der Waals surface area contributed by atoms with Crippen LogP contribution in [-0.2, 0) is 13.1 Å². The van der Waals surface area contributed by atoms with Crippen molar-refractivity contribution >= 4 is 12.2 Å². The van der Waals surface area contributed by atoms with Crippen LogP contribution in [0.5, 0.6) is 0 Å². The van der Waals surface area contributed by atoms with Gasteiger partial charge in [0.1, 0.15) is 19.2 Å². The van der Waals surface area contributed by atoms with E-state index in [1.807, 2.05) is 22.8 Å². The van der Waals surface area contributed by atoms with E-state index in [2.05, 4.69) is 32.4 Å². The summed E-state index contributed by atoms with van der Waals surface area (Å²) < 4.78 is 4.29. The molecule has 0 saturated heterocycles. The molecule has 7 heteroatoms. The van der Waals surface area contributed by atoms with Gasteiger partial charge in [-0.05, 0) is 17.8 Å². The Labute approximate surface area is 114 Å². The van der Waals surface area contributed by atoms with Crippen molar-refractivity contribution in [2.24, 2.45) is 0 Å². The van der Waals surface area contributed by atoms with Gasteiger partial charge in [0, 0.05) is 0 Å². The number of aromatic amines is 1. The van der Waals surface area contributed by atoms with E-state index in [0.29, 0.717) is 17.9 Å². The Hall–Kier alpha value is -2.28. The molecule has 19 heavy (non-hydrogen) atoms. The van der Waals surface area contributed by atoms with E-state index >= 15 is 0 Å². The van der Waals surface area contributed by atoms with Crippen molar-refractivity contribution < 1.29 is 0 Å². The molecule has 3 aromatic rings. The first kappa shape index (κ1) is 11.8. The summed E-state index contributed by atoms with van der Waals surface area (Å²) in [7, 11) is 0. The van der Waals surface area contributed by atoms with Crippen LogP contribution < -0.4 is 0 Å². The smallest absolute Gasteiger partial charge is 0.195 e. The number of rotatable bonds is 4. The molecule has 0 saturated carbocycles. The second-order valence-electron chi connectivity index (χ2n) is 4.11. The maximum absolute atomic E-state index is 5.27. The summed E-state index contributed by atoms with van der Waals surface area (Å²) in [5.41, 5.74) is 1.18. The van der Waals surface area contributed by atoms with Crippen LogP contribution in [0.25, 0.3) is 0 Å². The van der Waals surface area contributed by atoms with Crippen molar-refractivity contribution in [1.82, 2.24) is 29.5 Å². The molecule has 0 radical (unpaired) electrons. The van der Waals surface area contributed by atoms with Crippen molar-refractivity contribution in [2.75, 3.05) is 0 Å². The van der Waals surface area contributed by atoms with Crippen LogP contribution in [-0.4, -0.2) is 29.5 Å². The molecule has 2 aromatic heterocycles. The van der Waals surface area contributed by atoms with E-state index in [4.69, 9.17) is 12.2 Å². The largest absolute Gasteiger partial charge is 0.298 e. The molecular formula is C12H12N6S. The molecule has 6 nitrogen and oxygen atoms in total. The minimum absolute atomic E-state index is 0.542. The van der Waals surface area contributed by atoms with Crippen molar-refractivity contribution in [3.63, 3.8) is 0 Å². The maximum Gasteiger partial charge on any atom is 0.195 e. The molecule has 96 valence electrons. The number of hydrogen-bond acceptors (Lipinski definition) is 4. The van der Waals surface area contributed by atoms with Gasteiger partial charge in [-0.2, -0.15) is 10.2 Å². The topological polar surface area (TPSA) is 64.3 Å². The molecule has 1 aromatic carbocycles. The summed E-state index contributed by atoms with van der Waals surface area (Å²) in [6.45, 7) is 1.24. The van der Waals surface area contributed by atoms with Gasteiger partial charge < -0.3 is 0 Å². The van der Waals surface area contributed by atoms with Crippen molar-refractivity contribution in [2.45, 2.75) is 13.1 Å². The van der Waals surface area contributed by atoms with Crippen LogP contribution in [0.4, 0.5) is 0 Å². The fraction of sp³-hybridized carbons (Fsp3) is 0.167. The first-order valence-corrected chi connectivity index (χ1v) is 6.24. The quantitative estimate of drug-likeness (QED) is 0.733. The van der Waals surface area contributed by atoms with Gasteiger partial charge in [-0.25, -0.2) is 9.67 Å². The van der Waals surface area contributed by atoms with Gasteiger partial charge in [0.15, 0.2) is 10.6 Å². The zero-order chi connectivity index (χ0) is 13.1. The van der Waals surface area contributed by atoms with Gasteiger partial charge in [-0.1, -0.05) is 30.3 Å². The second kappa shape index (κ2) is 5.15. The first-order chi connectivity index (χ1) is 9.33. The van der Waals surface area contributed by atoms with Crippen LogP contribution >= 0.6 is 12.2 Å². The molecule has 0 spiro atoms. The maximum atomic E-state index is 5.27. The Kier molecular flexibility index (Phi) is 3.20. The molecule has 0 aliphatic rings. The van der Waals surface area contributed by atoms with E-state index in [0.717, 1.165) is 5.82 Å². The summed E-state index contributed by atoms with van der Waals surface area (Å²) in [4.78, 5) is 3.92. The molecule has 0 bridgehead atoms. The van der Waals surface area contributed by atoms with E-state index in [-0.39, 0.29) is 0 Å². The Morgan fingerprint density at radius 1 is 1.16 bits per heavy atom. The minimum Gasteiger partial charge on any atom is -0.298 e. The molecule has 0 amide bonds. The standard InChI is InChI=1S/C12H12N6S/c19-12-16-15-11(7-17-9-13-8-14-17)18(12)6-10-4-2-1-3-5-10/h1-5,8-9H,6-7H2,(H,16,19). The highest BCUT2D eigenvalue weighted by atomic mass is 32.1.